The highest BCUT2D eigenvalue weighted by atomic mass is 16.1. The van der Waals surface area contributed by atoms with Gasteiger partial charge >= 0.3 is 0 Å². The molecule has 3 atom stereocenters. The highest BCUT2D eigenvalue weighted by Crippen LogP contribution is 2.22. The molecular weight excluding hydrogens is 248 g/mol. The summed E-state index contributed by atoms with van der Waals surface area (Å²) in [5.41, 5.74) is 0.804. The lowest BCUT2D eigenvalue weighted by Gasteiger charge is -2.34. The van der Waals surface area contributed by atoms with Crippen LogP contribution in [-0.4, -0.2) is 30.3 Å². The standard InChI is InChI=1S/C17H22N2O/c1-13-8-14(2)11-19(10-13)12-17(20)16(9-18)15-6-4-3-5-7-15/h3-7,13-14,16H,8,10-12H2,1-2H3. The molecule has 0 N–H and O–H groups in total. The van der Waals surface area contributed by atoms with Gasteiger partial charge in [0.15, 0.2) is 5.78 Å². The van der Waals surface area contributed by atoms with E-state index in [0.29, 0.717) is 18.4 Å². The first-order valence-electron chi connectivity index (χ1n) is 7.29. The van der Waals surface area contributed by atoms with Crippen LogP contribution in [-0.2, 0) is 4.79 Å². The molecule has 20 heavy (non-hydrogen) atoms. The number of hydrogen-bond donors (Lipinski definition) is 0. The van der Waals surface area contributed by atoms with Gasteiger partial charge in [0.2, 0.25) is 0 Å². The molecular formula is C17H22N2O. The molecule has 1 heterocycles. The molecule has 1 saturated heterocycles. The van der Waals surface area contributed by atoms with E-state index in [1.54, 1.807) is 0 Å². The average molecular weight is 270 g/mol. The molecule has 0 bridgehead atoms. The van der Waals surface area contributed by atoms with Crippen LogP contribution in [0.25, 0.3) is 0 Å². The second kappa shape index (κ2) is 6.67. The normalized spacial score (nSPS) is 24.9. The van der Waals surface area contributed by atoms with Crippen molar-refractivity contribution in [2.24, 2.45) is 11.8 Å². The van der Waals surface area contributed by atoms with E-state index in [2.05, 4.69) is 24.8 Å². The maximum atomic E-state index is 12.4. The molecule has 0 aromatic heterocycles. The van der Waals surface area contributed by atoms with Crippen LogP contribution >= 0.6 is 0 Å². The molecule has 0 aliphatic carbocycles. The third-order valence-corrected chi connectivity index (χ3v) is 3.91. The molecule has 1 aliphatic rings. The molecule has 0 amide bonds. The maximum Gasteiger partial charge on any atom is 0.168 e. The van der Waals surface area contributed by atoms with Gasteiger partial charge in [0.25, 0.3) is 0 Å². The summed E-state index contributed by atoms with van der Waals surface area (Å²) < 4.78 is 0. The molecule has 3 nitrogen and oxygen atoms in total. The largest absolute Gasteiger partial charge is 0.296 e. The van der Waals surface area contributed by atoms with Gasteiger partial charge in [-0.3, -0.25) is 9.69 Å². The molecule has 1 aliphatic heterocycles. The summed E-state index contributed by atoms with van der Waals surface area (Å²) in [7, 11) is 0. The number of carbonyl (C=O) groups is 1. The number of nitrogens with zero attached hydrogens (tertiary/aromatic N) is 2. The SMILES string of the molecule is CC1CC(C)CN(CC(=O)C(C#N)c2ccccc2)C1. The lowest BCUT2D eigenvalue weighted by Crippen LogP contribution is -2.42. The lowest BCUT2D eigenvalue weighted by molar-refractivity contribution is -0.121. The molecule has 2 rings (SSSR count). The Morgan fingerprint density at radius 1 is 1.30 bits per heavy atom. The quantitative estimate of drug-likeness (QED) is 0.845. The molecule has 106 valence electrons. The fraction of sp³-hybridized carbons (Fsp3) is 0.529. The van der Waals surface area contributed by atoms with Crippen molar-refractivity contribution in [3.8, 4) is 6.07 Å². The Hall–Kier alpha value is -1.66. The first-order chi connectivity index (χ1) is 9.60. The Balaban J connectivity index is 2.02. The summed E-state index contributed by atoms with van der Waals surface area (Å²) in [6.45, 7) is 6.77. The summed E-state index contributed by atoms with van der Waals surface area (Å²) in [6, 6.07) is 11.5. The van der Waals surface area contributed by atoms with E-state index in [1.165, 1.54) is 6.42 Å². The Kier molecular flexibility index (Phi) is 4.92. The Labute approximate surface area is 121 Å². The van der Waals surface area contributed by atoms with Gasteiger partial charge in [-0.05, 0) is 23.8 Å². The van der Waals surface area contributed by atoms with Crippen LogP contribution in [0.3, 0.4) is 0 Å². The molecule has 1 fully saturated rings. The predicted octanol–water partition coefficient (Wildman–Crippen LogP) is 2.84. The van der Waals surface area contributed by atoms with Crippen molar-refractivity contribution in [3.63, 3.8) is 0 Å². The minimum Gasteiger partial charge on any atom is -0.296 e. The fourth-order valence-electron chi connectivity index (χ4n) is 3.21. The van der Waals surface area contributed by atoms with Crippen molar-refractivity contribution in [1.82, 2.24) is 4.90 Å². The van der Waals surface area contributed by atoms with E-state index in [0.717, 1.165) is 18.7 Å². The van der Waals surface area contributed by atoms with Gasteiger partial charge in [0.1, 0.15) is 5.92 Å². The van der Waals surface area contributed by atoms with E-state index < -0.39 is 5.92 Å². The minimum absolute atomic E-state index is 0.0139. The monoisotopic (exact) mass is 270 g/mol. The van der Waals surface area contributed by atoms with Crippen molar-refractivity contribution in [2.75, 3.05) is 19.6 Å². The molecule has 3 heteroatoms. The number of piperidine rings is 1. The van der Waals surface area contributed by atoms with E-state index >= 15 is 0 Å². The van der Waals surface area contributed by atoms with Gasteiger partial charge in [0, 0.05) is 13.1 Å². The van der Waals surface area contributed by atoms with Gasteiger partial charge in [-0.2, -0.15) is 5.26 Å². The topological polar surface area (TPSA) is 44.1 Å². The van der Waals surface area contributed by atoms with Gasteiger partial charge < -0.3 is 0 Å². The summed E-state index contributed by atoms with van der Waals surface area (Å²) in [5, 5.41) is 9.29. The fourth-order valence-corrected chi connectivity index (χ4v) is 3.21. The van der Waals surface area contributed by atoms with E-state index in [9.17, 15) is 10.1 Å². The zero-order valence-electron chi connectivity index (χ0n) is 12.2. The summed E-state index contributed by atoms with van der Waals surface area (Å²) >= 11 is 0. The molecule has 1 aromatic rings. The zero-order valence-corrected chi connectivity index (χ0v) is 12.2. The maximum absolute atomic E-state index is 12.4. The second-order valence-corrected chi connectivity index (χ2v) is 6.08. The van der Waals surface area contributed by atoms with Crippen LogP contribution in [0.2, 0.25) is 0 Å². The van der Waals surface area contributed by atoms with E-state index in [-0.39, 0.29) is 5.78 Å². The van der Waals surface area contributed by atoms with Crippen LogP contribution in [0.4, 0.5) is 0 Å². The zero-order chi connectivity index (χ0) is 14.5. The Morgan fingerprint density at radius 3 is 2.45 bits per heavy atom. The molecule has 0 saturated carbocycles. The number of ketones is 1. The van der Waals surface area contributed by atoms with Crippen molar-refractivity contribution in [2.45, 2.75) is 26.2 Å². The van der Waals surface area contributed by atoms with Gasteiger partial charge in [-0.1, -0.05) is 44.2 Å². The first kappa shape index (κ1) is 14.7. The summed E-state index contributed by atoms with van der Waals surface area (Å²) in [4.78, 5) is 14.6. The van der Waals surface area contributed by atoms with E-state index in [4.69, 9.17) is 0 Å². The number of hydrogen-bond acceptors (Lipinski definition) is 3. The van der Waals surface area contributed by atoms with Crippen molar-refractivity contribution in [3.05, 3.63) is 35.9 Å². The molecule has 0 spiro atoms. The van der Waals surface area contributed by atoms with Gasteiger partial charge in [-0.25, -0.2) is 0 Å². The third kappa shape index (κ3) is 3.68. The van der Waals surface area contributed by atoms with E-state index in [1.807, 2.05) is 30.3 Å². The number of carbonyl (C=O) groups excluding carboxylic acids is 1. The molecule has 0 radical (unpaired) electrons. The van der Waals surface area contributed by atoms with Crippen molar-refractivity contribution < 1.29 is 4.79 Å². The highest BCUT2D eigenvalue weighted by molar-refractivity contribution is 5.90. The smallest absolute Gasteiger partial charge is 0.168 e. The summed E-state index contributed by atoms with van der Waals surface area (Å²) in [5.74, 6) is 0.636. The molecule has 3 unspecified atom stereocenters. The van der Waals surface area contributed by atoms with Crippen LogP contribution in [0.1, 0.15) is 31.7 Å². The number of nitriles is 1. The predicted molar refractivity (Wildman–Crippen MR) is 79.2 cm³/mol. The van der Waals surface area contributed by atoms with Crippen LogP contribution in [0.15, 0.2) is 30.3 Å². The third-order valence-electron chi connectivity index (χ3n) is 3.91. The number of Topliss-reactive ketones (excluding diaryl/α,β-unsaturated/α-hetero) is 1. The second-order valence-electron chi connectivity index (χ2n) is 6.08. The van der Waals surface area contributed by atoms with Crippen LogP contribution in [0.5, 0.6) is 0 Å². The number of likely N-dealkylation sites (tertiary alicyclic amines) is 1. The Bertz CT molecular complexity index is 481. The van der Waals surface area contributed by atoms with Gasteiger partial charge in [-0.15, -0.1) is 0 Å². The van der Waals surface area contributed by atoms with Gasteiger partial charge in [0.05, 0.1) is 12.6 Å². The first-order valence-corrected chi connectivity index (χ1v) is 7.29. The minimum atomic E-state index is -0.635. The Morgan fingerprint density at radius 2 is 1.90 bits per heavy atom. The van der Waals surface area contributed by atoms with Crippen LogP contribution < -0.4 is 0 Å². The lowest BCUT2D eigenvalue weighted by atomic mass is 9.90. The number of benzene rings is 1. The van der Waals surface area contributed by atoms with Crippen molar-refractivity contribution in [1.29, 1.82) is 5.26 Å². The highest BCUT2D eigenvalue weighted by Gasteiger charge is 2.27. The van der Waals surface area contributed by atoms with Crippen LogP contribution in [0, 0.1) is 23.2 Å². The number of rotatable bonds is 4. The average Bonchev–Trinajstić information content (AvgIpc) is 2.39. The molecule has 1 aromatic carbocycles. The van der Waals surface area contributed by atoms with Crippen molar-refractivity contribution >= 4 is 5.78 Å². The summed E-state index contributed by atoms with van der Waals surface area (Å²) in [6.07, 6.45) is 1.23.